The summed E-state index contributed by atoms with van der Waals surface area (Å²) in [5.74, 6) is 0.574. The van der Waals surface area contributed by atoms with Gasteiger partial charge in [0.1, 0.15) is 0 Å². The topological polar surface area (TPSA) is 44.6 Å². The summed E-state index contributed by atoms with van der Waals surface area (Å²) in [5.41, 5.74) is 3.14. The first-order valence-corrected chi connectivity index (χ1v) is 6.83. The van der Waals surface area contributed by atoms with Gasteiger partial charge in [0.15, 0.2) is 5.84 Å². The van der Waals surface area contributed by atoms with Crippen LogP contribution >= 0.6 is 15.9 Å². The zero-order valence-corrected chi connectivity index (χ0v) is 11.3. The molecule has 1 aromatic rings. The predicted octanol–water partition coefficient (Wildman–Crippen LogP) is 3.51. The summed E-state index contributed by atoms with van der Waals surface area (Å²) in [6.45, 7) is 0. The molecule has 0 heterocycles. The van der Waals surface area contributed by atoms with Gasteiger partial charge in [0.25, 0.3) is 0 Å². The second-order valence-electron chi connectivity index (χ2n) is 4.39. The number of benzene rings is 1. The molecule has 0 saturated heterocycles. The minimum atomic E-state index is 0.349. The van der Waals surface area contributed by atoms with Crippen molar-refractivity contribution in [3.05, 3.63) is 34.3 Å². The Kier molecular flexibility index (Phi) is 4.57. The number of nitrogens with zero attached hydrogens (tertiary/aromatic N) is 1. The molecule has 0 spiro atoms. The molecule has 1 saturated carbocycles. The molecule has 17 heavy (non-hydrogen) atoms. The first kappa shape index (κ1) is 12.6. The van der Waals surface area contributed by atoms with Crippen molar-refractivity contribution in [1.82, 2.24) is 5.48 Å². The van der Waals surface area contributed by atoms with Gasteiger partial charge >= 0.3 is 0 Å². The summed E-state index contributed by atoms with van der Waals surface area (Å²) in [5, 5.41) is 9.19. The normalized spacial score (nSPS) is 18.1. The fourth-order valence-corrected chi connectivity index (χ4v) is 2.43. The summed E-state index contributed by atoms with van der Waals surface area (Å²) in [6, 6.07) is 8.12. The van der Waals surface area contributed by atoms with Crippen molar-refractivity contribution in [2.75, 3.05) is 0 Å². The van der Waals surface area contributed by atoms with Crippen LogP contribution in [0.3, 0.4) is 0 Å². The molecule has 4 heteroatoms. The quantitative estimate of drug-likeness (QED) is 0.498. The van der Waals surface area contributed by atoms with Gasteiger partial charge in [-0.05, 0) is 25.0 Å². The van der Waals surface area contributed by atoms with Crippen LogP contribution in [0.25, 0.3) is 0 Å². The Hall–Kier alpha value is -0.870. The standard InChI is InChI=1S/C13H17BrN2O/c14-11-8-6-10(7-9-11)13(16-17)15-12-4-2-1-3-5-12/h6-9,12,17H,1-5H2,(H,15,16). The monoisotopic (exact) mass is 296 g/mol. The number of hydrogen-bond donors (Lipinski definition) is 2. The minimum Gasteiger partial charge on any atom is -0.290 e. The van der Waals surface area contributed by atoms with Crippen LogP contribution in [-0.2, 0) is 0 Å². The molecule has 2 N–H and O–H groups in total. The lowest BCUT2D eigenvalue weighted by Crippen LogP contribution is -2.24. The molecule has 1 fully saturated rings. The molecule has 0 aliphatic heterocycles. The van der Waals surface area contributed by atoms with E-state index in [-0.39, 0.29) is 0 Å². The molecule has 1 aliphatic carbocycles. The summed E-state index contributed by atoms with van der Waals surface area (Å²) in [6.07, 6.45) is 6.05. The summed E-state index contributed by atoms with van der Waals surface area (Å²) in [7, 11) is 0. The molecule has 1 aliphatic rings. The first-order valence-electron chi connectivity index (χ1n) is 6.03. The molecule has 0 amide bonds. The highest BCUT2D eigenvalue weighted by Gasteiger charge is 2.13. The fraction of sp³-hybridized carbons (Fsp3) is 0.462. The Labute approximate surface area is 110 Å². The van der Waals surface area contributed by atoms with Crippen LogP contribution in [0.15, 0.2) is 33.7 Å². The van der Waals surface area contributed by atoms with Crippen molar-refractivity contribution in [2.24, 2.45) is 4.99 Å². The molecule has 0 unspecified atom stereocenters. The van der Waals surface area contributed by atoms with E-state index in [2.05, 4.69) is 26.4 Å². The molecule has 3 nitrogen and oxygen atoms in total. The van der Waals surface area contributed by atoms with Gasteiger partial charge in [-0.3, -0.25) is 15.7 Å². The van der Waals surface area contributed by atoms with E-state index in [1.165, 1.54) is 19.3 Å². The third-order valence-corrected chi connectivity index (χ3v) is 3.64. The zero-order chi connectivity index (χ0) is 12.1. The van der Waals surface area contributed by atoms with Gasteiger partial charge in [0.2, 0.25) is 0 Å². The lowest BCUT2D eigenvalue weighted by atomic mass is 9.96. The molecule has 2 rings (SSSR count). The van der Waals surface area contributed by atoms with Crippen LogP contribution in [0.5, 0.6) is 0 Å². The Morgan fingerprint density at radius 2 is 1.82 bits per heavy atom. The third-order valence-electron chi connectivity index (χ3n) is 3.11. The van der Waals surface area contributed by atoms with Gasteiger partial charge in [0, 0.05) is 10.0 Å². The number of hydrogen-bond acceptors (Lipinski definition) is 2. The number of rotatable bonds is 2. The Morgan fingerprint density at radius 3 is 2.41 bits per heavy atom. The fourth-order valence-electron chi connectivity index (χ4n) is 2.17. The highest BCUT2D eigenvalue weighted by Crippen LogP contribution is 2.21. The molecule has 0 radical (unpaired) electrons. The van der Waals surface area contributed by atoms with E-state index in [9.17, 15) is 5.21 Å². The number of halogens is 1. The molecule has 92 valence electrons. The van der Waals surface area contributed by atoms with Gasteiger partial charge in [-0.15, -0.1) is 0 Å². The molecule has 0 aromatic heterocycles. The van der Waals surface area contributed by atoms with E-state index in [1.54, 1.807) is 0 Å². The van der Waals surface area contributed by atoms with Crippen LogP contribution in [0.4, 0.5) is 0 Å². The van der Waals surface area contributed by atoms with Crippen LogP contribution in [0, 0.1) is 0 Å². The smallest absolute Gasteiger partial charge is 0.152 e. The van der Waals surface area contributed by atoms with E-state index >= 15 is 0 Å². The maximum atomic E-state index is 9.19. The summed E-state index contributed by atoms with van der Waals surface area (Å²) < 4.78 is 1.02. The van der Waals surface area contributed by atoms with Crippen LogP contribution < -0.4 is 5.48 Å². The highest BCUT2D eigenvalue weighted by molar-refractivity contribution is 9.10. The average molecular weight is 297 g/mol. The minimum absolute atomic E-state index is 0.349. The Bertz CT molecular complexity index is 383. The van der Waals surface area contributed by atoms with Crippen molar-refractivity contribution < 1.29 is 5.21 Å². The molecular formula is C13H17BrN2O. The van der Waals surface area contributed by atoms with Crippen molar-refractivity contribution in [2.45, 2.75) is 38.1 Å². The molecule has 0 atom stereocenters. The first-order chi connectivity index (χ1) is 8.29. The van der Waals surface area contributed by atoms with Gasteiger partial charge < -0.3 is 0 Å². The molecule has 0 bridgehead atoms. The van der Waals surface area contributed by atoms with E-state index in [1.807, 2.05) is 24.3 Å². The maximum absolute atomic E-state index is 9.19. The summed E-state index contributed by atoms with van der Waals surface area (Å²) >= 11 is 3.39. The van der Waals surface area contributed by atoms with Crippen molar-refractivity contribution in [3.63, 3.8) is 0 Å². The van der Waals surface area contributed by atoms with Gasteiger partial charge in [0.05, 0.1) is 6.04 Å². The number of nitrogens with one attached hydrogen (secondary N) is 1. The number of amidine groups is 1. The van der Waals surface area contributed by atoms with Crippen molar-refractivity contribution >= 4 is 21.8 Å². The second-order valence-corrected chi connectivity index (χ2v) is 5.30. The van der Waals surface area contributed by atoms with E-state index in [0.29, 0.717) is 11.9 Å². The van der Waals surface area contributed by atoms with Gasteiger partial charge in [-0.25, -0.2) is 0 Å². The van der Waals surface area contributed by atoms with E-state index in [0.717, 1.165) is 22.9 Å². The Morgan fingerprint density at radius 1 is 1.18 bits per heavy atom. The Balaban J connectivity index is 2.14. The van der Waals surface area contributed by atoms with Crippen LogP contribution in [-0.4, -0.2) is 17.1 Å². The predicted molar refractivity (Wildman–Crippen MR) is 72.5 cm³/mol. The highest BCUT2D eigenvalue weighted by atomic mass is 79.9. The lowest BCUT2D eigenvalue weighted by molar-refractivity contribution is 0.233. The van der Waals surface area contributed by atoms with E-state index in [4.69, 9.17) is 0 Å². The zero-order valence-electron chi connectivity index (χ0n) is 9.69. The third kappa shape index (κ3) is 3.54. The van der Waals surface area contributed by atoms with Crippen molar-refractivity contribution in [1.29, 1.82) is 0 Å². The largest absolute Gasteiger partial charge is 0.290 e. The van der Waals surface area contributed by atoms with Crippen molar-refractivity contribution in [3.8, 4) is 0 Å². The summed E-state index contributed by atoms with van der Waals surface area (Å²) in [4.78, 5) is 4.59. The van der Waals surface area contributed by atoms with E-state index < -0.39 is 0 Å². The maximum Gasteiger partial charge on any atom is 0.152 e. The average Bonchev–Trinajstić information content (AvgIpc) is 2.38. The lowest BCUT2D eigenvalue weighted by Gasteiger charge is -2.19. The molecular weight excluding hydrogens is 280 g/mol. The second kappa shape index (κ2) is 6.17. The molecule has 1 aromatic carbocycles. The number of hydroxylamine groups is 1. The SMILES string of the molecule is ONC(=NC1CCCCC1)c1ccc(Br)cc1. The van der Waals surface area contributed by atoms with Gasteiger partial charge in [-0.2, -0.15) is 0 Å². The van der Waals surface area contributed by atoms with Gasteiger partial charge in [-0.1, -0.05) is 47.3 Å². The van der Waals surface area contributed by atoms with Crippen LogP contribution in [0.1, 0.15) is 37.7 Å². The van der Waals surface area contributed by atoms with Crippen LogP contribution in [0.2, 0.25) is 0 Å². The number of aliphatic imine (C=N–C) groups is 1.